The quantitative estimate of drug-likeness (QED) is 0.750. The maximum absolute atomic E-state index is 10.7. The van der Waals surface area contributed by atoms with E-state index < -0.39 is 0 Å². The third-order valence-electron chi connectivity index (χ3n) is 2.95. The Morgan fingerprint density at radius 1 is 1.53 bits per heavy atom. The van der Waals surface area contributed by atoms with Gasteiger partial charge in [0.25, 0.3) is 0 Å². The monoisotopic (exact) mass is 205 g/mol. The number of aromatic hydroxyl groups is 1. The van der Waals surface area contributed by atoms with Gasteiger partial charge in [-0.3, -0.25) is 4.79 Å². The summed E-state index contributed by atoms with van der Waals surface area (Å²) in [7, 11) is 0. The second-order valence-electron chi connectivity index (χ2n) is 3.84. The van der Waals surface area contributed by atoms with Gasteiger partial charge in [0.05, 0.1) is 5.56 Å². The zero-order valence-electron chi connectivity index (χ0n) is 8.86. The lowest BCUT2D eigenvalue weighted by atomic mass is 9.99. The standard InChI is InChI=1S/C12H15NO2/c1-2-13-5-3-4-9-6-10(8-14)12(15)7-11(9)13/h6-8,15H,2-5H2,1H3. The molecule has 0 aliphatic carbocycles. The average molecular weight is 205 g/mol. The summed E-state index contributed by atoms with van der Waals surface area (Å²) in [4.78, 5) is 12.9. The topological polar surface area (TPSA) is 40.5 Å². The Bertz CT molecular complexity index is 387. The number of fused-ring (bicyclic) bond motifs is 1. The number of nitrogens with zero attached hydrogens (tertiary/aromatic N) is 1. The van der Waals surface area contributed by atoms with Crippen LogP contribution < -0.4 is 4.90 Å². The maximum atomic E-state index is 10.7. The van der Waals surface area contributed by atoms with E-state index in [1.54, 1.807) is 12.1 Å². The number of anilines is 1. The van der Waals surface area contributed by atoms with E-state index in [1.165, 1.54) is 5.56 Å². The fourth-order valence-corrected chi connectivity index (χ4v) is 2.14. The summed E-state index contributed by atoms with van der Waals surface area (Å²) in [5.41, 5.74) is 2.64. The molecule has 0 unspecified atom stereocenters. The minimum absolute atomic E-state index is 0.0871. The van der Waals surface area contributed by atoms with Gasteiger partial charge >= 0.3 is 0 Å². The van der Waals surface area contributed by atoms with Crippen LogP contribution >= 0.6 is 0 Å². The number of phenolic OH excluding ortho intramolecular Hbond substituents is 1. The lowest BCUT2D eigenvalue weighted by Gasteiger charge is -2.30. The summed E-state index contributed by atoms with van der Waals surface area (Å²) in [5, 5.41) is 9.62. The fraction of sp³-hybridized carbons (Fsp3) is 0.417. The van der Waals surface area contributed by atoms with E-state index in [4.69, 9.17) is 0 Å². The molecule has 0 spiro atoms. The van der Waals surface area contributed by atoms with Gasteiger partial charge in [-0.05, 0) is 31.4 Å². The third-order valence-corrected chi connectivity index (χ3v) is 2.95. The van der Waals surface area contributed by atoms with Crippen molar-refractivity contribution in [2.75, 3.05) is 18.0 Å². The number of aldehydes is 1. The van der Waals surface area contributed by atoms with Gasteiger partial charge in [0.1, 0.15) is 5.75 Å². The van der Waals surface area contributed by atoms with E-state index in [9.17, 15) is 9.90 Å². The zero-order chi connectivity index (χ0) is 10.8. The highest BCUT2D eigenvalue weighted by Crippen LogP contribution is 2.32. The minimum Gasteiger partial charge on any atom is -0.507 e. The minimum atomic E-state index is 0.0871. The van der Waals surface area contributed by atoms with Crippen LogP contribution in [-0.4, -0.2) is 24.5 Å². The molecule has 1 aromatic carbocycles. The van der Waals surface area contributed by atoms with Crippen molar-refractivity contribution in [2.45, 2.75) is 19.8 Å². The van der Waals surface area contributed by atoms with E-state index in [0.29, 0.717) is 11.8 Å². The van der Waals surface area contributed by atoms with Crippen LogP contribution in [0.15, 0.2) is 12.1 Å². The number of phenols is 1. The van der Waals surface area contributed by atoms with Crippen molar-refractivity contribution in [3.8, 4) is 5.75 Å². The van der Waals surface area contributed by atoms with Crippen LogP contribution in [0.25, 0.3) is 0 Å². The number of hydrogen-bond acceptors (Lipinski definition) is 3. The molecule has 0 saturated carbocycles. The molecule has 0 fully saturated rings. The fourth-order valence-electron chi connectivity index (χ4n) is 2.14. The lowest BCUT2D eigenvalue weighted by Crippen LogP contribution is -2.28. The Morgan fingerprint density at radius 3 is 3.00 bits per heavy atom. The number of aryl methyl sites for hydroxylation is 1. The van der Waals surface area contributed by atoms with Gasteiger partial charge in [0.15, 0.2) is 6.29 Å². The summed E-state index contributed by atoms with van der Waals surface area (Å²) >= 11 is 0. The summed E-state index contributed by atoms with van der Waals surface area (Å²) in [6.07, 6.45) is 2.82. The Morgan fingerprint density at radius 2 is 2.33 bits per heavy atom. The molecule has 1 N–H and O–H groups in total. The van der Waals surface area contributed by atoms with Crippen molar-refractivity contribution in [2.24, 2.45) is 0 Å². The normalized spacial score (nSPS) is 14.9. The summed E-state index contributed by atoms with van der Waals surface area (Å²) < 4.78 is 0. The van der Waals surface area contributed by atoms with Crippen molar-refractivity contribution in [1.29, 1.82) is 0 Å². The first-order valence-corrected chi connectivity index (χ1v) is 5.32. The Labute approximate surface area is 89.3 Å². The van der Waals surface area contributed by atoms with Crippen LogP contribution in [-0.2, 0) is 6.42 Å². The van der Waals surface area contributed by atoms with Gasteiger partial charge in [-0.2, -0.15) is 0 Å². The molecule has 1 aliphatic heterocycles. The van der Waals surface area contributed by atoms with Gasteiger partial charge in [0.2, 0.25) is 0 Å². The maximum Gasteiger partial charge on any atom is 0.153 e. The summed E-state index contributed by atoms with van der Waals surface area (Å²) in [6.45, 7) is 4.07. The van der Waals surface area contributed by atoms with Crippen molar-refractivity contribution >= 4 is 12.0 Å². The number of carbonyl (C=O) groups is 1. The van der Waals surface area contributed by atoms with Crippen molar-refractivity contribution in [3.05, 3.63) is 23.3 Å². The van der Waals surface area contributed by atoms with E-state index in [1.807, 2.05) is 0 Å². The second kappa shape index (κ2) is 3.93. The van der Waals surface area contributed by atoms with Crippen LogP contribution in [0.3, 0.4) is 0 Å². The van der Waals surface area contributed by atoms with E-state index >= 15 is 0 Å². The van der Waals surface area contributed by atoms with Gasteiger partial charge in [-0.15, -0.1) is 0 Å². The van der Waals surface area contributed by atoms with Crippen LogP contribution in [0.4, 0.5) is 5.69 Å². The molecule has 0 amide bonds. The third kappa shape index (κ3) is 1.69. The molecule has 3 heteroatoms. The molecule has 80 valence electrons. The molecule has 1 aliphatic rings. The molecule has 0 saturated heterocycles. The highest BCUT2D eigenvalue weighted by Gasteiger charge is 2.17. The average Bonchev–Trinajstić information content (AvgIpc) is 2.27. The lowest BCUT2D eigenvalue weighted by molar-refractivity contribution is 0.112. The molecular formula is C12H15NO2. The predicted octanol–water partition coefficient (Wildman–Crippen LogP) is 1.98. The predicted molar refractivity (Wildman–Crippen MR) is 59.7 cm³/mol. The molecule has 15 heavy (non-hydrogen) atoms. The smallest absolute Gasteiger partial charge is 0.153 e. The number of carbonyl (C=O) groups excluding carboxylic acids is 1. The summed E-state index contributed by atoms with van der Waals surface area (Å²) in [6, 6.07) is 3.52. The Kier molecular flexibility index (Phi) is 2.62. The van der Waals surface area contributed by atoms with E-state index in [-0.39, 0.29) is 5.75 Å². The second-order valence-corrected chi connectivity index (χ2v) is 3.84. The number of benzene rings is 1. The Balaban J connectivity index is 2.49. The molecule has 1 aromatic rings. The number of hydrogen-bond donors (Lipinski definition) is 1. The molecule has 1 heterocycles. The highest BCUT2D eigenvalue weighted by atomic mass is 16.3. The zero-order valence-corrected chi connectivity index (χ0v) is 8.86. The van der Waals surface area contributed by atoms with Crippen molar-refractivity contribution < 1.29 is 9.90 Å². The van der Waals surface area contributed by atoms with Crippen molar-refractivity contribution in [1.82, 2.24) is 0 Å². The molecule has 0 radical (unpaired) electrons. The molecule has 0 aromatic heterocycles. The first-order chi connectivity index (χ1) is 7.26. The first kappa shape index (κ1) is 10.0. The van der Waals surface area contributed by atoms with Crippen molar-refractivity contribution in [3.63, 3.8) is 0 Å². The largest absolute Gasteiger partial charge is 0.507 e. The van der Waals surface area contributed by atoms with Crippen LogP contribution in [0.5, 0.6) is 5.75 Å². The molecule has 2 rings (SSSR count). The molecule has 3 nitrogen and oxygen atoms in total. The highest BCUT2D eigenvalue weighted by molar-refractivity contribution is 5.82. The molecule has 0 atom stereocenters. The van der Waals surface area contributed by atoms with Gasteiger partial charge < -0.3 is 10.0 Å². The summed E-state index contributed by atoms with van der Waals surface area (Å²) in [5.74, 6) is 0.0871. The van der Waals surface area contributed by atoms with E-state index in [0.717, 1.165) is 31.6 Å². The van der Waals surface area contributed by atoms with Gasteiger partial charge in [0, 0.05) is 24.8 Å². The van der Waals surface area contributed by atoms with Crippen LogP contribution in [0.2, 0.25) is 0 Å². The van der Waals surface area contributed by atoms with Crippen LogP contribution in [0, 0.1) is 0 Å². The first-order valence-electron chi connectivity index (χ1n) is 5.32. The molecular weight excluding hydrogens is 190 g/mol. The molecule has 0 bridgehead atoms. The SMILES string of the molecule is CCN1CCCc2cc(C=O)c(O)cc21. The Hall–Kier alpha value is -1.51. The number of rotatable bonds is 2. The van der Waals surface area contributed by atoms with Gasteiger partial charge in [-0.25, -0.2) is 0 Å². The van der Waals surface area contributed by atoms with Crippen LogP contribution in [0.1, 0.15) is 29.3 Å². The van der Waals surface area contributed by atoms with E-state index in [2.05, 4.69) is 11.8 Å². The van der Waals surface area contributed by atoms with Gasteiger partial charge in [-0.1, -0.05) is 0 Å².